The molecule has 100 valence electrons. The van der Waals surface area contributed by atoms with Gasteiger partial charge in [0.05, 0.1) is 24.3 Å². The number of nitrogens with zero attached hydrogens (tertiary/aromatic N) is 1. The fourth-order valence-corrected chi connectivity index (χ4v) is 2.11. The highest BCUT2D eigenvalue weighted by molar-refractivity contribution is 8.00. The van der Waals surface area contributed by atoms with Crippen LogP contribution in [0.5, 0.6) is 0 Å². The van der Waals surface area contributed by atoms with Crippen LogP contribution in [0.15, 0.2) is 35.6 Å². The number of hydrogen-bond acceptors (Lipinski definition) is 3. The van der Waals surface area contributed by atoms with E-state index >= 15 is 0 Å². The first kappa shape index (κ1) is 13.5. The fraction of sp³-hybridized carbons (Fsp3) is 0.167. The van der Waals surface area contributed by atoms with Gasteiger partial charge >= 0.3 is 0 Å². The van der Waals surface area contributed by atoms with E-state index in [0.29, 0.717) is 6.54 Å². The van der Waals surface area contributed by atoms with Gasteiger partial charge in [0, 0.05) is 17.2 Å². The van der Waals surface area contributed by atoms with Crippen molar-refractivity contribution in [1.82, 2.24) is 15.3 Å². The number of thioether (sulfide) groups is 1. The Hall–Kier alpha value is -1.89. The van der Waals surface area contributed by atoms with Gasteiger partial charge in [0.25, 0.3) is 0 Å². The van der Waals surface area contributed by atoms with Crippen molar-refractivity contribution in [3.8, 4) is 0 Å². The summed E-state index contributed by atoms with van der Waals surface area (Å²) >= 11 is 1.02. The van der Waals surface area contributed by atoms with Crippen LogP contribution in [0.2, 0.25) is 0 Å². The second-order valence-electron chi connectivity index (χ2n) is 3.72. The lowest BCUT2D eigenvalue weighted by Crippen LogP contribution is -2.24. The largest absolute Gasteiger partial charge is 0.350 e. The fourth-order valence-electron chi connectivity index (χ4n) is 1.36. The van der Waals surface area contributed by atoms with Gasteiger partial charge < -0.3 is 10.3 Å². The first-order valence-electron chi connectivity index (χ1n) is 5.47. The molecule has 2 N–H and O–H groups in total. The zero-order valence-electron chi connectivity index (χ0n) is 9.82. The maximum absolute atomic E-state index is 13.3. The van der Waals surface area contributed by atoms with Crippen LogP contribution in [0, 0.1) is 11.6 Å². The van der Waals surface area contributed by atoms with Crippen molar-refractivity contribution in [3.63, 3.8) is 0 Å². The lowest BCUT2D eigenvalue weighted by atomic mass is 10.3. The molecule has 1 aromatic heterocycles. The van der Waals surface area contributed by atoms with Crippen molar-refractivity contribution < 1.29 is 13.6 Å². The number of H-pyrrole nitrogens is 1. The number of benzene rings is 1. The molecule has 1 amide bonds. The number of aromatic nitrogens is 2. The standard InChI is InChI=1S/C12H11F2N3OS/c13-8-1-2-11(10(14)3-8)19-6-12(18)16-5-9-4-15-7-17-9/h1-4,7H,5-6H2,(H,15,17)(H,16,18). The molecule has 0 fully saturated rings. The molecule has 0 aliphatic rings. The zero-order valence-corrected chi connectivity index (χ0v) is 10.6. The molecule has 0 radical (unpaired) electrons. The second-order valence-corrected chi connectivity index (χ2v) is 4.73. The minimum absolute atomic E-state index is 0.0662. The summed E-state index contributed by atoms with van der Waals surface area (Å²) in [7, 11) is 0. The molecule has 0 spiro atoms. The van der Waals surface area contributed by atoms with Gasteiger partial charge in [-0.15, -0.1) is 11.8 Å². The van der Waals surface area contributed by atoms with Crippen molar-refractivity contribution in [1.29, 1.82) is 0 Å². The predicted octanol–water partition coefficient (Wildman–Crippen LogP) is 2.10. The number of halogens is 2. The van der Waals surface area contributed by atoms with E-state index in [2.05, 4.69) is 15.3 Å². The van der Waals surface area contributed by atoms with Crippen LogP contribution in [0.4, 0.5) is 8.78 Å². The third kappa shape index (κ3) is 4.06. The second kappa shape index (κ2) is 6.33. The Balaban J connectivity index is 1.80. The first-order valence-corrected chi connectivity index (χ1v) is 6.45. The Bertz CT molecular complexity index is 560. The van der Waals surface area contributed by atoms with Crippen molar-refractivity contribution in [2.24, 2.45) is 0 Å². The Morgan fingerprint density at radius 2 is 2.26 bits per heavy atom. The van der Waals surface area contributed by atoms with E-state index in [4.69, 9.17) is 0 Å². The third-order valence-corrected chi connectivity index (χ3v) is 3.33. The minimum Gasteiger partial charge on any atom is -0.350 e. The van der Waals surface area contributed by atoms with Crippen LogP contribution in [-0.2, 0) is 11.3 Å². The summed E-state index contributed by atoms with van der Waals surface area (Å²) in [5.74, 6) is -1.46. The van der Waals surface area contributed by atoms with Gasteiger partial charge in [-0.3, -0.25) is 4.79 Å². The first-order chi connectivity index (χ1) is 9.15. The summed E-state index contributed by atoms with van der Waals surface area (Å²) in [5, 5.41) is 2.66. The zero-order chi connectivity index (χ0) is 13.7. The highest BCUT2D eigenvalue weighted by Gasteiger charge is 2.08. The lowest BCUT2D eigenvalue weighted by Gasteiger charge is -2.04. The molecule has 0 atom stereocenters. The number of aromatic amines is 1. The summed E-state index contributed by atoms with van der Waals surface area (Å²) < 4.78 is 26.0. The highest BCUT2D eigenvalue weighted by atomic mass is 32.2. The molecule has 2 aromatic rings. The average Bonchev–Trinajstić information content (AvgIpc) is 2.88. The number of carbonyl (C=O) groups is 1. The van der Waals surface area contributed by atoms with Crippen molar-refractivity contribution >= 4 is 17.7 Å². The SMILES string of the molecule is O=C(CSc1ccc(F)cc1F)NCc1cnc[nH]1. The van der Waals surface area contributed by atoms with E-state index in [1.807, 2.05) is 0 Å². The molecule has 0 unspecified atom stereocenters. The number of hydrogen-bond donors (Lipinski definition) is 2. The van der Waals surface area contributed by atoms with E-state index in [0.717, 1.165) is 29.6 Å². The van der Waals surface area contributed by atoms with Crippen LogP contribution in [-0.4, -0.2) is 21.6 Å². The maximum atomic E-state index is 13.3. The summed E-state index contributed by atoms with van der Waals surface area (Å²) in [5.41, 5.74) is 0.784. The number of imidazole rings is 1. The van der Waals surface area contributed by atoms with Gasteiger partial charge in [-0.2, -0.15) is 0 Å². The molecule has 0 bridgehead atoms. The molecule has 0 aliphatic heterocycles. The molecule has 1 heterocycles. The molecule has 0 saturated heterocycles. The normalized spacial score (nSPS) is 10.4. The van der Waals surface area contributed by atoms with Crippen LogP contribution in [0.3, 0.4) is 0 Å². The predicted molar refractivity (Wildman–Crippen MR) is 67.5 cm³/mol. The molecule has 0 saturated carbocycles. The molecule has 2 rings (SSSR count). The molecular formula is C12H11F2N3OS. The van der Waals surface area contributed by atoms with Gasteiger partial charge in [0.2, 0.25) is 5.91 Å². The van der Waals surface area contributed by atoms with Crippen LogP contribution < -0.4 is 5.32 Å². The number of amides is 1. The smallest absolute Gasteiger partial charge is 0.230 e. The monoisotopic (exact) mass is 283 g/mol. The Morgan fingerprint density at radius 3 is 2.95 bits per heavy atom. The molecular weight excluding hydrogens is 272 g/mol. The molecule has 19 heavy (non-hydrogen) atoms. The Morgan fingerprint density at radius 1 is 1.42 bits per heavy atom. The number of nitrogens with one attached hydrogen (secondary N) is 2. The van der Waals surface area contributed by atoms with Crippen molar-refractivity contribution in [3.05, 3.63) is 48.1 Å². The van der Waals surface area contributed by atoms with E-state index < -0.39 is 11.6 Å². The maximum Gasteiger partial charge on any atom is 0.230 e. The highest BCUT2D eigenvalue weighted by Crippen LogP contribution is 2.21. The van der Waals surface area contributed by atoms with Gasteiger partial charge in [-0.25, -0.2) is 13.8 Å². The van der Waals surface area contributed by atoms with Crippen molar-refractivity contribution in [2.45, 2.75) is 11.4 Å². The van der Waals surface area contributed by atoms with Gasteiger partial charge in [0.1, 0.15) is 11.6 Å². The van der Waals surface area contributed by atoms with Crippen LogP contribution >= 0.6 is 11.8 Å². The van der Waals surface area contributed by atoms with E-state index in [9.17, 15) is 13.6 Å². The number of carbonyl (C=O) groups excluding carboxylic acids is 1. The average molecular weight is 283 g/mol. The molecule has 1 aromatic carbocycles. The van der Waals surface area contributed by atoms with E-state index in [1.54, 1.807) is 6.20 Å². The lowest BCUT2D eigenvalue weighted by molar-refractivity contribution is -0.118. The summed E-state index contributed by atoms with van der Waals surface area (Å²) in [6.45, 7) is 0.339. The molecule has 0 aliphatic carbocycles. The third-order valence-electron chi connectivity index (χ3n) is 2.28. The van der Waals surface area contributed by atoms with Crippen LogP contribution in [0.1, 0.15) is 5.69 Å². The van der Waals surface area contributed by atoms with Gasteiger partial charge in [-0.05, 0) is 12.1 Å². The van der Waals surface area contributed by atoms with Gasteiger partial charge in [0.15, 0.2) is 0 Å². The number of rotatable bonds is 5. The Kier molecular flexibility index (Phi) is 4.51. The molecule has 4 nitrogen and oxygen atoms in total. The summed E-state index contributed by atoms with van der Waals surface area (Å²) in [6.07, 6.45) is 3.12. The van der Waals surface area contributed by atoms with E-state index in [1.165, 1.54) is 12.4 Å². The minimum atomic E-state index is -0.661. The summed E-state index contributed by atoms with van der Waals surface area (Å²) in [6, 6.07) is 3.27. The molecule has 7 heteroatoms. The topological polar surface area (TPSA) is 57.8 Å². The summed E-state index contributed by atoms with van der Waals surface area (Å²) in [4.78, 5) is 18.4. The van der Waals surface area contributed by atoms with E-state index in [-0.39, 0.29) is 16.6 Å². The van der Waals surface area contributed by atoms with Gasteiger partial charge in [-0.1, -0.05) is 0 Å². The van der Waals surface area contributed by atoms with Crippen LogP contribution in [0.25, 0.3) is 0 Å². The Labute approximate surface area is 112 Å². The van der Waals surface area contributed by atoms with Crippen molar-refractivity contribution in [2.75, 3.05) is 5.75 Å². The quantitative estimate of drug-likeness (QED) is 0.826.